The molecule has 0 atom stereocenters. The van der Waals surface area contributed by atoms with E-state index in [0.717, 1.165) is 4.57 Å². The molecule has 0 radical (unpaired) electrons. The minimum Gasteiger partial charge on any atom is -0.846 e. The topological polar surface area (TPSA) is 141 Å². The van der Waals surface area contributed by atoms with Gasteiger partial charge in [-0.25, -0.2) is 9.97 Å². The Kier molecular flexibility index (Phi) is 6.20. The summed E-state index contributed by atoms with van der Waals surface area (Å²) in [6, 6.07) is 4.60. The van der Waals surface area contributed by atoms with Gasteiger partial charge in [-0.15, -0.1) is 0 Å². The van der Waals surface area contributed by atoms with Crippen molar-refractivity contribution in [3.8, 4) is 17.4 Å². The van der Waals surface area contributed by atoms with Gasteiger partial charge >= 0.3 is 51.4 Å². The van der Waals surface area contributed by atoms with Crippen LogP contribution in [0, 0.1) is 0 Å². The van der Waals surface area contributed by atoms with Crippen molar-refractivity contribution in [2.24, 2.45) is 0 Å². The van der Waals surface area contributed by atoms with Gasteiger partial charge in [0, 0.05) is 12.1 Å². The van der Waals surface area contributed by atoms with E-state index in [9.17, 15) is 18.3 Å². The standard InChI is InChI=1S/C14H14N4O5S.K/c1-2-7-18-13(19)10-12(17-14(18)20)16-11(15-10)8-3-5-9(6-4-8)24(21,22)23;/h3-6H,2,7H2,1H3,(H,15,16)(H,17,20)(H,21,22,23);/q;+1/p-1. The Morgan fingerprint density at radius 1 is 1.24 bits per heavy atom. The van der Waals surface area contributed by atoms with Gasteiger partial charge in [0.25, 0.3) is 15.7 Å². The molecule has 126 valence electrons. The van der Waals surface area contributed by atoms with Crippen molar-refractivity contribution in [1.82, 2.24) is 19.5 Å². The van der Waals surface area contributed by atoms with Gasteiger partial charge in [0.1, 0.15) is 5.82 Å². The molecule has 0 aliphatic heterocycles. The van der Waals surface area contributed by atoms with Crippen molar-refractivity contribution < 1.29 is 69.5 Å². The summed E-state index contributed by atoms with van der Waals surface area (Å²) >= 11 is 0. The van der Waals surface area contributed by atoms with E-state index in [2.05, 4.69) is 15.0 Å². The van der Waals surface area contributed by atoms with Crippen LogP contribution in [0.15, 0.2) is 34.0 Å². The second-order valence-corrected chi connectivity index (χ2v) is 6.56. The van der Waals surface area contributed by atoms with Crippen molar-refractivity contribution in [1.29, 1.82) is 0 Å². The third-order valence-electron chi connectivity index (χ3n) is 3.45. The number of aromatic amines is 1. The van der Waals surface area contributed by atoms with Crippen LogP contribution in [0.1, 0.15) is 13.3 Å². The Labute approximate surface area is 185 Å². The van der Waals surface area contributed by atoms with Gasteiger partial charge in [0.05, 0.1) is 10.9 Å². The molecule has 0 amide bonds. The van der Waals surface area contributed by atoms with Gasteiger partial charge in [0.15, 0.2) is 11.2 Å². The number of benzene rings is 1. The molecular formula is C14H13KN4O5S. The summed E-state index contributed by atoms with van der Waals surface area (Å²) in [6.07, 6.45) is 0.612. The largest absolute Gasteiger partial charge is 1.00 e. The van der Waals surface area contributed by atoms with Crippen molar-refractivity contribution in [2.75, 3.05) is 0 Å². The zero-order chi connectivity index (χ0) is 17.5. The average molecular weight is 388 g/mol. The molecule has 25 heavy (non-hydrogen) atoms. The van der Waals surface area contributed by atoms with E-state index in [0.29, 0.717) is 12.0 Å². The first kappa shape index (κ1) is 20.2. The molecule has 2 heterocycles. The van der Waals surface area contributed by atoms with Gasteiger partial charge in [-0.3, -0.25) is 9.35 Å². The monoisotopic (exact) mass is 388 g/mol. The Morgan fingerprint density at radius 2 is 1.88 bits per heavy atom. The maximum absolute atomic E-state index is 12.3. The molecule has 0 bridgehead atoms. The number of H-pyrrole nitrogens is 1. The first-order valence-corrected chi connectivity index (χ1v) is 8.50. The SMILES string of the molecule is CCCn1c([O-])nc2nc(-c3ccc(S(=O)(=O)O)cc3)[nH]c2c1=O.[K+]. The van der Waals surface area contributed by atoms with E-state index in [4.69, 9.17) is 4.55 Å². The number of rotatable bonds is 4. The molecule has 0 saturated heterocycles. The second kappa shape index (κ2) is 7.66. The number of hydrogen-bond acceptors (Lipinski definition) is 6. The summed E-state index contributed by atoms with van der Waals surface area (Å²) in [7, 11) is -4.29. The first-order chi connectivity index (χ1) is 11.3. The maximum atomic E-state index is 12.3. The van der Waals surface area contributed by atoms with Gasteiger partial charge < -0.3 is 14.7 Å². The van der Waals surface area contributed by atoms with E-state index >= 15 is 0 Å². The number of nitrogens with one attached hydrogen (secondary N) is 1. The van der Waals surface area contributed by atoms with Crippen LogP contribution in [-0.4, -0.2) is 32.5 Å². The smallest absolute Gasteiger partial charge is 0.846 e. The fraction of sp³-hybridized carbons (Fsp3) is 0.214. The Morgan fingerprint density at radius 3 is 2.44 bits per heavy atom. The molecule has 0 aliphatic rings. The number of imidazole rings is 1. The summed E-state index contributed by atoms with van der Waals surface area (Å²) in [6.45, 7) is 2.10. The van der Waals surface area contributed by atoms with Gasteiger partial charge in [-0.05, 0) is 30.7 Å². The maximum Gasteiger partial charge on any atom is 1.00 e. The number of aromatic nitrogens is 4. The molecule has 0 unspecified atom stereocenters. The van der Waals surface area contributed by atoms with Crippen molar-refractivity contribution in [2.45, 2.75) is 24.8 Å². The van der Waals surface area contributed by atoms with E-state index in [1.807, 2.05) is 6.92 Å². The Bertz CT molecular complexity index is 1070. The summed E-state index contributed by atoms with van der Waals surface area (Å²) < 4.78 is 32.1. The molecule has 2 N–H and O–H groups in total. The molecule has 0 saturated carbocycles. The Hall–Kier alpha value is -1.08. The molecule has 0 fully saturated rings. The van der Waals surface area contributed by atoms with Crippen LogP contribution in [0.5, 0.6) is 6.01 Å². The van der Waals surface area contributed by atoms with Crippen LogP contribution in [0.4, 0.5) is 0 Å². The molecule has 9 nitrogen and oxygen atoms in total. The Balaban J connectivity index is 0.00000225. The van der Waals surface area contributed by atoms with Gasteiger partial charge in [-0.1, -0.05) is 6.92 Å². The van der Waals surface area contributed by atoms with E-state index in [1.54, 1.807) is 0 Å². The molecule has 3 aromatic rings. The third-order valence-corrected chi connectivity index (χ3v) is 4.32. The number of nitrogens with zero attached hydrogens (tertiary/aromatic N) is 3. The fourth-order valence-electron chi connectivity index (χ4n) is 2.31. The first-order valence-electron chi connectivity index (χ1n) is 7.06. The van der Waals surface area contributed by atoms with E-state index < -0.39 is 21.7 Å². The zero-order valence-corrected chi connectivity index (χ0v) is 17.5. The normalized spacial score (nSPS) is 11.4. The van der Waals surface area contributed by atoms with Crippen LogP contribution in [0.3, 0.4) is 0 Å². The summed E-state index contributed by atoms with van der Waals surface area (Å²) in [5, 5.41) is 11.8. The summed E-state index contributed by atoms with van der Waals surface area (Å²) in [4.78, 5) is 22.8. The van der Waals surface area contributed by atoms with E-state index in [-0.39, 0.29) is 79.8 Å². The minimum atomic E-state index is -4.29. The predicted molar refractivity (Wildman–Crippen MR) is 83.1 cm³/mol. The summed E-state index contributed by atoms with van der Waals surface area (Å²) in [5.74, 6) is 0.269. The second-order valence-electron chi connectivity index (χ2n) is 5.13. The summed E-state index contributed by atoms with van der Waals surface area (Å²) in [5.41, 5.74) is 0.0950. The molecule has 11 heteroatoms. The zero-order valence-electron chi connectivity index (χ0n) is 13.6. The molecule has 3 rings (SSSR count). The van der Waals surface area contributed by atoms with Crippen LogP contribution in [0.2, 0.25) is 0 Å². The van der Waals surface area contributed by atoms with Crippen molar-refractivity contribution in [3.63, 3.8) is 0 Å². The van der Waals surface area contributed by atoms with Crippen LogP contribution < -0.4 is 62.1 Å². The van der Waals surface area contributed by atoms with Crippen LogP contribution in [0.25, 0.3) is 22.6 Å². The third kappa shape index (κ3) is 4.02. The van der Waals surface area contributed by atoms with E-state index in [1.165, 1.54) is 24.3 Å². The van der Waals surface area contributed by atoms with Crippen molar-refractivity contribution >= 4 is 21.3 Å². The molecular weight excluding hydrogens is 375 g/mol. The molecule has 2 aromatic heterocycles. The molecule has 1 aromatic carbocycles. The average Bonchev–Trinajstić information content (AvgIpc) is 2.95. The van der Waals surface area contributed by atoms with Crippen LogP contribution in [-0.2, 0) is 16.7 Å². The number of hydrogen-bond donors (Lipinski definition) is 2. The van der Waals surface area contributed by atoms with Crippen LogP contribution >= 0.6 is 0 Å². The quantitative estimate of drug-likeness (QED) is 0.372. The molecule has 0 spiro atoms. The fourth-order valence-corrected chi connectivity index (χ4v) is 2.79. The predicted octanol–water partition coefficient (Wildman–Crippen LogP) is -2.48. The number of fused-ring (bicyclic) bond motifs is 1. The van der Waals surface area contributed by atoms with Gasteiger partial charge in [0.2, 0.25) is 0 Å². The minimum absolute atomic E-state index is 0. The van der Waals surface area contributed by atoms with Gasteiger partial charge in [-0.2, -0.15) is 8.42 Å². The van der Waals surface area contributed by atoms with Crippen molar-refractivity contribution in [3.05, 3.63) is 34.6 Å². The molecule has 0 aliphatic carbocycles.